The largest absolute Gasteiger partial charge is 0.338 e. The molecule has 1 saturated heterocycles. The summed E-state index contributed by atoms with van der Waals surface area (Å²) in [7, 11) is 0. The SMILES string of the molecule is CCN(Cc1cnn(CC)c1)C(=O)NCC1CCCN(C2CCCCC2)C1. The van der Waals surface area contributed by atoms with Gasteiger partial charge in [-0.25, -0.2) is 4.79 Å². The summed E-state index contributed by atoms with van der Waals surface area (Å²) in [5, 5.41) is 7.51. The summed E-state index contributed by atoms with van der Waals surface area (Å²) in [6, 6.07) is 0.844. The Kier molecular flexibility index (Phi) is 7.56. The average Bonchev–Trinajstić information content (AvgIpc) is 3.19. The maximum absolute atomic E-state index is 12.7. The minimum Gasteiger partial charge on any atom is -0.338 e. The van der Waals surface area contributed by atoms with E-state index in [0.717, 1.165) is 31.2 Å². The number of aryl methyl sites for hydroxylation is 1. The van der Waals surface area contributed by atoms with Gasteiger partial charge in [-0.05, 0) is 52.0 Å². The molecule has 152 valence electrons. The van der Waals surface area contributed by atoms with E-state index in [1.807, 2.05) is 28.9 Å². The van der Waals surface area contributed by atoms with Gasteiger partial charge in [0.1, 0.15) is 0 Å². The molecule has 0 aromatic carbocycles. The molecule has 2 heterocycles. The molecule has 1 unspecified atom stereocenters. The molecule has 1 aliphatic heterocycles. The maximum atomic E-state index is 12.7. The average molecular weight is 376 g/mol. The van der Waals surface area contributed by atoms with E-state index in [0.29, 0.717) is 19.0 Å². The molecule has 2 amide bonds. The van der Waals surface area contributed by atoms with E-state index in [9.17, 15) is 4.79 Å². The fraction of sp³-hybridized carbons (Fsp3) is 0.810. The van der Waals surface area contributed by atoms with Crippen LogP contribution in [0.2, 0.25) is 0 Å². The molecule has 0 radical (unpaired) electrons. The number of nitrogens with one attached hydrogen (secondary N) is 1. The van der Waals surface area contributed by atoms with Crippen molar-refractivity contribution in [2.24, 2.45) is 5.92 Å². The highest BCUT2D eigenvalue weighted by atomic mass is 16.2. The van der Waals surface area contributed by atoms with Gasteiger partial charge in [-0.3, -0.25) is 4.68 Å². The molecule has 1 aromatic heterocycles. The van der Waals surface area contributed by atoms with Crippen molar-refractivity contribution < 1.29 is 4.79 Å². The first-order valence-electron chi connectivity index (χ1n) is 11.0. The molecule has 3 rings (SSSR count). The minimum atomic E-state index is 0.0524. The molecule has 2 aliphatic rings. The van der Waals surface area contributed by atoms with Gasteiger partial charge in [0.05, 0.1) is 12.7 Å². The Morgan fingerprint density at radius 1 is 1.22 bits per heavy atom. The number of likely N-dealkylation sites (tertiary alicyclic amines) is 1. The molecule has 0 spiro atoms. The first-order valence-corrected chi connectivity index (χ1v) is 11.0. The fourth-order valence-corrected chi connectivity index (χ4v) is 4.59. The lowest BCUT2D eigenvalue weighted by molar-refractivity contribution is 0.0978. The molecule has 0 bridgehead atoms. The van der Waals surface area contributed by atoms with Crippen molar-refractivity contribution in [2.75, 3.05) is 26.2 Å². The van der Waals surface area contributed by atoms with Crippen LogP contribution in [0.25, 0.3) is 0 Å². The quantitative estimate of drug-likeness (QED) is 0.794. The Morgan fingerprint density at radius 3 is 2.74 bits per heavy atom. The number of carbonyl (C=O) groups is 1. The lowest BCUT2D eigenvalue weighted by Gasteiger charge is -2.40. The number of amides is 2. The van der Waals surface area contributed by atoms with Gasteiger partial charge in [0.2, 0.25) is 0 Å². The maximum Gasteiger partial charge on any atom is 0.317 e. The van der Waals surface area contributed by atoms with Crippen LogP contribution in [0.3, 0.4) is 0 Å². The van der Waals surface area contributed by atoms with E-state index in [1.54, 1.807) is 0 Å². The van der Waals surface area contributed by atoms with Crippen molar-refractivity contribution in [2.45, 2.75) is 77.9 Å². The van der Waals surface area contributed by atoms with Crippen molar-refractivity contribution in [3.8, 4) is 0 Å². The van der Waals surface area contributed by atoms with Crippen LogP contribution in [0, 0.1) is 5.92 Å². The predicted molar refractivity (Wildman–Crippen MR) is 109 cm³/mol. The summed E-state index contributed by atoms with van der Waals surface area (Å²) in [6.07, 6.45) is 13.3. The number of piperidine rings is 1. The number of rotatable bonds is 7. The van der Waals surface area contributed by atoms with Crippen LogP contribution in [0.4, 0.5) is 4.79 Å². The molecule has 1 aliphatic carbocycles. The topological polar surface area (TPSA) is 53.4 Å². The number of urea groups is 1. The molecule has 1 atom stereocenters. The van der Waals surface area contributed by atoms with Crippen LogP contribution >= 0.6 is 0 Å². The minimum absolute atomic E-state index is 0.0524. The first kappa shape index (κ1) is 20.2. The first-order chi connectivity index (χ1) is 13.2. The van der Waals surface area contributed by atoms with E-state index in [-0.39, 0.29) is 6.03 Å². The Morgan fingerprint density at radius 2 is 2.04 bits per heavy atom. The number of nitrogens with zero attached hydrogens (tertiary/aromatic N) is 4. The van der Waals surface area contributed by atoms with Crippen molar-refractivity contribution in [1.29, 1.82) is 0 Å². The second-order valence-electron chi connectivity index (χ2n) is 8.20. The zero-order valence-corrected chi connectivity index (χ0v) is 17.2. The summed E-state index contributed by atoms with van der Waals surface area (Å²) in [4.78, 5) is 17.2. The second kappa shape index (κ2) is 10.1. The normalized spacial score (nSPS) is 21.9. The molecule has 2 fully saturated rings. The molecule has 27 heavy (non-hydrogen) atoms. The van der Waals surface area contributed by atoms with Crippen molar-refractivity contribution in [3.63, 3.8) is 0 Å². The van der Waals surface area contributed by atoms with Crippen molar-refractivity contribution in [3.05, 3.63) is 18.0 Å². The molecule has 6 nitrogen and oxygen atoms in total. The highest BCUT2D eigenvalue weighted by Crippen LogP contribution is 2.26. The molecule has 1 saturated carbocycles. The zero-order valence-electron chi connectivity index (χ0n) is 17.2. The third-order valence-corrected chi connectivity index (χ3v) is 6.24. The van der Waals surface area contributed by atoms with Gasteiger partial charge in [0, 0.05) is 44.0 Å². The lowest BCUT2D eigenvalue weighted by atomic mass is 9.90. The van der Waals surface area contributed by atoms with Gasteiger partial charge in [0.25, 0.3) is 0 Å². The van der Waals surface area contributed by atoms with Crippen molar-refractivity contribution in [1.82, 2.24) is 24.9 Å². The molecule has 1 aromatic rings. The number of aromatic nitrogens is 2. The van der Waals surface area contributed by atoms with Gasteiger partial charge in [-0.1, -0.05) is 19.3 Å². The monoisotopic (exact) mass is 375 g/mol. The summed E-state index contributed by atoms with van der Waals surface area (Å²) < 4.78 is 1.91. The summed E-state index contributed by atoms with van der Waals surface area (Å²) in [6.45, 7) is 9.50. The summed E-state index contributed by atoms with van der Waals surface area (Å²) in [5.74, 6) is 0.589. The summed E-state index contributed by atoms with van der Waals surface area (Å²) in [5.41, 5.74) is 1.09. The standard InChI is InChI=1S/C21H37N5O/c1-3-24(16-19-14-23-26(4-2)17-19)21(27)22-13-18-9-8-12-25(15-18)20-10-6-5-7-11-20/h14,17-18,20H,3-13,15-16H2,1-2H3,(H,22,27). The van der Waals surface area contributed by atoms with Crippen LogP contribution in [0.15, 0.2) is 12.4 Å². The van der Waals surface area contributed by atoms with E-state index < -0.39 is 0 Å². The highest BCUT2D eigenvalue weighted by Gasteiger charge is 2.27. The summed E-state index contributed by atoms with van der Waals surface area (Å²) >= 11 is 0. The Bertz CT molecular complexity index is 581. The second-order valence-corrected chi connectivity index (χ2v) is 8.20. The molecule has 1 N–H and O–H groups in total. The lowest BCUT2D eigenvalue weighted by Crippen LogP contribution is -2.48. The Hall–Kier alpha value is -1.56. The zero-order chi connectivity index (χ0) is 19.1. The Labute approximate surface area is 164 Å². The molecule has 6 heteroatoms. The third kappa shape index (κ3) is 5.71. The van der Waals surface area contributed by atoms with Crippen LogP contribution in [0.1, 0.15) is 64.4 Å². The third-order valence-electron chi connectivity index (χ3n) is 6.24. The smallest absolute Gasteiger partial charge is 0.317 e. The highest BCUT2D eigenvalue weighted by molar-refractivity contribution is 5.74. The van der Waals surface area contributed by atoms with E-state index in [4.69, 9.17) is 0 Å². The molecular formula is C21H37N5O. The number of hydrogen-bond acceptors (Lipinski definition) is 3. The molecular weight excluding hydrogens is 338 g/mol. The fourth-order valence-electron chi connectivity index (χ4n) is 4.59. The van der Waals surface area contributed by atoms with Crippen LogP contribution in [-0.2, 0) is 13.1 Å². The van der Waals surface area contributed by atoms with Crippen molar-refractivity contribution >= 4 is 6.03 Å². The van der Waals surface area contributed by atoms with Gasteiger partial charge in [-0.2, -0.15) is 5.10 Å². The Balaban J connectivity index is 1.45. The van der Waals surface area contributed by atoms with E-state index in [1.165, 1.54) is 51.5 Å². The van der Waals surface area contributed by atoms with Crippen LogP contribution in [-0.4, -0.2) is 57.8 Å². The number of carbonyl (C=O) groups excluding carboxylic acids is 1. The van der Waals surface area contributed by atoms with Gasteiger partial charge < -0.3 is 15.1 Å². The van der Waals surface area contributed by atoms with Crippen LogP contribution in [0.5, 0.6) is 0 Å². The van der Waals surface area contributed by atoms with Crippen LogP contribution < -0.4 is 5.32 Å². The van der Waals surface area contributed by atoms with E-state index in [2.05, 4.69) is 22.2 Å². The van der Waals surface area contributed by atoms with E-state index >= 15 is 0 Å². The number of hydrogen-bond donors (Lipinski definition) is 1. The van der Waals surface area contributed by atoms with Gasteiger partial charge in [0.15, 0.2) is 0 Å². The predicted octanol–water partition coefficient (Wildman–Crippen LogP) is 3.48. The van der Waals surface area contributed by atoms with Gasteiger partial charge >= 0.3 is 6.03 Å². The van der Waals surface area contributed by atoms with Gasteiger partial charge in [-0.15, -0.1) is 0 Å².